The highest BCUT2D eigenvalue weighted by Gasteiger charge is 2.48. The molecule has 42 heavy (non-hydrogen) atoms. The Kier molecular flexibility index (Phi) is 7.38. The Balaban J connectivity index is 1.52. The summed E-state index contributed by atoms with van der Waals surface area (Å²) in [7, 11) is -3.91. The molecule has 2 fully saturated rings. The molecule has 0 spiro atoms. The second kappa shape index (κ2) is 11.0. The predicted octanol–water partition coefficient (Wildman–Crippen LogP) is 6.16. The molecule has 0 bridgehead atoms. The summed E-state index contributed by atoms with van der Waals surface area (Å²) in [5.74, 6) is -2.13. The molecule has 2 saturated heterocycles. The quantitative estimate of drug-likeness (QED) is 0.156. The molecule has 8 nitrogen and oxygen atoms in total. The van der Waals surface area contributed by atoms with Crippen LogP contribution in [0.2, 0.25) is 5.02 Å². The van der Waals surface area contributed by atoms with Crippen LogP contribution in [-0.4, -0.2) is 43.3 Å². The van der Waals surface area contributed by atoms with E-state index in [-0.39, 0.29) is 25.6 Å². The Bertz CT molecular complexity index is 1850. The first-order valence-corrected chi connectivity index (χ1v) is 16.0. The number of benzene rings is 3. The lowest BCUT2D eigenvalue weighted by Crippen LogP contribution is -2.29. The number of halogens is 1. The summed E-state index contributed by atoms with van der Waals surface area (Å²) in [5.41, 5.74) is 2.58. The SMILES string of the molecule is Cc1ccc(/C(O)=C2\C(=O)C(=O)N(c3ncc(S(=O)(=O)c4ccccc4)s3)C2c2cccc(Cl)c2)c(N2CCCC2)c1. The van der Waals surface area contributed by atoms with Gasteiger partial charge < -0.3 is 10.0 Å². The van der Waals surface area contributed by atoms with Gasteiger partial charge in [0, 0.05) is 29.4 Å². The maximum atomic E-state index is 13.7. The van der Waals surface area contributed by atoms with Gasteiger partial charge in [0.15, 0.2) is 5.13 Å². The van der Waals surface area contributed by atoms with Gasteiger partial charge in [0.05, 0.1) is 22.7 Å². The number of ketones is 1. The molecule has 3 aromatic carbocycles. The average molecular weight is 620 g/mol. The molecular formula is C31H26ClN3O5S2. The number of hydrogen-bond acceptors (Lipinski definition) is 8. The number of hydrogen-bond donors (Lipinski definition) is 1. The molecule has 0 radical (unpaired) electrons. The number of rotatable bonds is 6. The maximum absolute atomic E-state index is 13.7. The van der Waals surface area contributed by atoms with Gasteiger partial charge in [-0.3, -0.25) is 14.5 Å². The Hall–Kier alpha value is -3.99. The molecule has 11 heteroatoms. The second-order valence-electron chi connectivity index (χ2n) is 10.2. The lowest BCUT2D eigenvalue weighted by Gasteiger charge is -2.25. The molecule has 1 N–H and O–H groups in total. The van der Waals surface area contributed by atoms with Gasteiger partial charge in [-0.05, 0) is 67.3 Å². The van der Waals surface area contributed by atoms with Gasteiger partial charge in [0.2, 0.25) is 9.84 Å². The average Bonchev–Trinajstić information content (AvgIpc) is 3.74. The van der Waals surface area contributed by atoms with Crippen LogP contribution in [0.5, 0.6) is 0 Å². The topological polar surface area (TPSA) is 108 Å². The number of amides is 1. The third kappa shape index (κ3) is 4.89. The van der Waals surface area contributed by atoms with Crippen molar-refractivity contribution in [1.82, 2.24) is 4.98 Å². The zero-order valence-corrected chi connectivity index (χ0v) is 24.9. The number of aryl methyl sites for hydroxylation is 1. The van der Waals surface area contributed by atoms with Crippen LogP contribution in [-0.2, 0) is 19.4 Å². The minimum absolute atomic E-state index is 0.0132. The van der Waals surface area contributed by atoms with Gasteiger partial charge in [-0.25, -0.2) is 13.4 Å². The van der Waals surface area contributed by atoms with Crippen molar-refractivity contribution in [2.45, 2.75) is 34.9 Å². The van der Waals surface area contributed by atoms with Crippen LogP contribution >= 0.6 is 22.9 Å². The number of Topliss-reactive ketones (excluding diaryl/α,β-unsaturated/α-hetero) is 1. The van der Waals surface area contributed by atoms with Crippen LogP contribution < -0.4 is 9.80 Å². The zero-order valence-electron chi connectivity index (χ0n) is 22.5. The van der Waals surface area contributed by atoms with Crippen molar-refractivity contribution in [2.24, 2.45) is 0 Å². The van der Waals surface area contributed by atoms with E-state index in [1.807, 2.05) is 19.1 Å². The first-order valence-electron chi connectivity index (χ1n) is 13.4. The summed E-state index contributed by atoms with van der Waals surface area (Å²) < 4.78 is 26.5. The number of nitrogens with zero attached hydrogens (tertiary/aromatic N) is 3. The van der Waals surface area contributed by atoms with Crippen LogP contribution in [0.3, 0.4) is 0 Å². The minimum atomic E-state index is -3.91. The Morgan fingerprint density at radius 2 is 1.74 bits per heavy atom. The molecule has 3 heterocycles. The fourth-order valence-corrected chi connectivity index (χ4v) is 8.20. The molecule has 0 saturated carbocycles. The number of sulfone groups is 1. The van der Waals surface area contributed by atoms with Gasteiger partial charge in [-0.1, -0.05) is 59.3 Å². The summed E-state index contributed by atoms with van der Waals surface area (Å²) in [4.78, 5) is 35.0. The van der Waals surface area contributed by atoms with Crippen molar-refractivity contribution >= 4 is 61.0 Å². The number of carbonyl (C=O) groups excluding carboxylic acids is 2. The third-order valence-electron chi connectivity index (χ3n) is 7.46. The van der Waals surface area contributed by atoms with E-state index in [0.717, 1.165) is 53.4 Å². The molecule has 4 aromatic rings. The van der Waals surface area contributed by atoms with Gasteiger partial charge >= 0.3 is 5.91 Å². The van der Waals surface area contributed by atoms with E-state index >= 15 is 0 Å². The number of carbonyl (C=O) groups is 2. The van der Waals surface area contributed by atoms with Gasteiger partial charge in [0.25, 0.3) is 5.78 Å². The van der Waals surface area contributed by atoms with Gasteiger partial charge in [-0.2, -0.15) is 0 Å². The van der Waals surface area contributed by atoms with E-state index < -0.39 is 27.6 Å². The van der Waals surface area contributed by atoms with Crippen LogP contribution in [0.4, 0.5) is 10.8 Å². The fraction of sp³-hybridized carbons (Fsp3) is 0.194. The largest absolute Gasteiger partial charge is 0.507 e. The van der Waals surface area contributed by atoms with E-state index in [9.17, 15) is 23.1 Å². The monoisotopic (exact) mass is 619 g/mol. The Labute approximate surface area is 252 Å². The number of thiazole rings is 1. The van der Waals surface area contributed by atoms with E-state index in [1.54, 1.807) is 48.5 Å². The molecule has 1 aromatic heterocycles. The minimum Gasteiger partial charge on any atom is -0.507 e. The van der Waals surface area contributed by atoms with E-state index in [2.05, 4.69) is 9.88 Å². The molecule has 6 rings (SSSR count). The first-order chi connectivity index (χ1) is 20.2. The number of anilines is 2. The predicted molar refractivity (Wildman–Crippen MR) is 163 cm³/mol. The Morgan fingerprint density at radius 3 is 2.45 bits per heavy atom. The molecule has 2 aliphatic heterocycles. The van der Waals surface area contributed by atoms with Crippen molar-refractivity contribution in [2.75, 3.05) is 22.9 Å². The Morgan fingerprint density at radius 1 is 1.00 bits per heavy atom. The van der Waals surface area contributed by atoms with Crippen LogP contribution in [0, 0.1) is 6.92 Å². The van der Waals surface area contributed by atoms with Crippen molar-refractivity contribution < 1.29 is 23.1 Å². The third-order valence-corrected chi connectivity index (χ3v) is 10.9. The van der Waals surface area contributed by atoms with Crippen molar-refractivity contribution in [3.63, 3.8) is 0 Å². The number of aliphatic hydroxyl groups is 1. The summed E-state index contributed by atoms with van der Waals surface area (Å²) in [6, 6.07) is 19.1. The zero-order chi connectivity index (χ0) is 29.6. The van der Waals surface area contributed by atoms with Crippen LogP contribution in [0.1, 0.15) is 35.6 Å². The molecule has 214 valence electrons. The van der Waals surface area contributed by atoms with Crippen molar-refractivity contribution in [1.29, 1.82) is 0 Å². The van der Waals surface area contributed by atoms with Crippen molar-refractivity contribution in [3.05, 3.63) is 106 Å². The lowest BCUT2D eigenvalue weighted by atomic mass is 9.94. The molecule has 2 aliphatic rings. The summed E-state index contributed by atoms with van der Waals surface area (Å²) in [6.45, 7) is 3.58. The standard InChI is InChI=1S/C31H26ClN3O5S2/c1-19-12-13-23(24(16-19)34-14-5-6-15-34)28(36)26-27(20-8-7-9-21(32)17-20)35(30(38)29(26)37)31-33-18-25(41-31)42(39,40)22-10-3-2-4-11-22/h2-4,7-13,16-18,27,36H,5-6,14-15H2,1H3/b28-26+. The molecule has 1 atom stereocenters. The molecular weight excluding hydrogens is 594 g/mol. The number of aliphatic hydroxyl groups excluding tert-OH is 1. The van der Waals surface area contributed by atoms with E-state index in [1.165, 1.54) is 18.3 Å². The smallest absolute Gasteiger partial charge is 0.301 e. The van der Waals surface area contributed by atoms with Crippen LogP contribution in [0.25, 0.3) is 5.76 Å². The lowest BCUT2D eigenvalue weighted by molar-refractivity contribution is -0.132. The normalized spacial score (nSPS) is 18.7. The van der Waals surface area contributed by atoms with Crippen molar-refractivity contribution in [3.8, 4) is 0 Å². The molecule has 0 aliphatic carbocycles. The summed E-state index contributed by atoms with van der Waals surface area (Å²) in [5, 5.41) is 12.2. The van der Waals surface area contributed by atoms with Crippen LogP contribution in [0.15, 0.2) is 93.7 Å². The molecule has 1 unspecified atom stereocenters. The molecule has 1 amide bonds. The summed E-state index contributed by atoms with van der Waals surface area (Å²) in [6.07, 6.45) is 3.21. The first kappa shape index (κ1) is 28.1. The second-order valence-corrected chi connectivity index (χ2v) is 13.8. The summed E-state index contributed by atoms with van der Waals surface area (Å²) >= 11 is 7.11. The van der Waals surface area contributed by atoms with E-state index in [4.69, 9.17) is 11.6 Å². The fourth-order valence-electron chi connectivity index (χ4n) is 5.43. The van der Waals surface area contributed by atoms with E-state index in [0.29, 0.717) is 16.1 Å². The number of aromatic nitrogens is 1. The highest BCUT2D eigenvalue weighted by atomic mass is 35.5. The van der Waals surface area contributed by atoms with Gasteiger partial charge in [0.1, 0.15) is 9.97 Å². The highest BCUT2D eigenvalue weighted by molar-refractivity contribution is 7.93. The maximum Gasteiger partial charge on any atom is 0.301 e. The highest BCUT2D eigenvalue weighted by Crippen LogP contribution is 2.45. The van der Waals surface area contributed by atoms with Gasteiger partial charge in [-0.15, -0.1) is 0 Å².